The first-order valence-corrected chi connectivity index (χ1v) is 7.72. The SMILES string of the molecule is Cc1cccc(NC(=O)CS(=O)(=O)C(C)CC(=O)O)c1. The van der Waals surface area contributed by atoms with Crippen LogP contribution in [0.15, 0.2) is 24.3 Å². The van der Waals surface area contributed by atoms with E-state index in [2.05, 4.69) is 5.32 Å². The van der Waals surface area contributed by atoms with Crippen LogP contribution < -0.4 is 5.32 Å². The molecule has 1 amide bonds. The summed E-state index contributed by atoms with van der Waals surface area (Å²) in [4.78, 5) is 22.2. The van der Waals surface area contributed by atoms with Crippen molar-refractivity contribution in [3.05, 3.63) is 29.8 Å². The summed E-state index contributed by atoms with van der Waals surface area (Å²) < 4.78 is 23.6. The van der Waals surface area contributed by atoms with Gasteiger partial charge in [-0.2, -0.15) is 0 Å². The molecule has 20 heavy (non-hydrogen) atoms. The van der Waals surface area contributed by atoms with Crippen LogP contribution in [0.3, 0.4) is 0 Å². The molecule has 0 saturated heterocycles. The van der Waals surface area contributed by atoms with Crippen LogP contribution in [0.4, 0.5) is 5.69 Å². The van der Waals surface area contributed by atoms with Crippen LogP contribution in [-0.4, -0.2) is 36.4 Å². The molecule has 0 aromatic heterocycles. The molecule has 0 saturated carbocycles. The summed E-state index contributed by atoms with van der Waals surface area (Å²) in [7, 11) is -3.78. The van der Waals surface area contributed by atoms with Crippen molar-refractivity contribution in [3.8, 4) is 0 Å². The summed E-state index contributed by atoms with van der Waals surface area (Å²) in [5.74, 6) is -2.61. The van der Waals surface area contributed by atoms with Crippen molar-refractivity contribution in [1.29, 1.82) is 0 Å². The standard InChI is InChI=1S/C13H17NO5S/c1-9-4-3-5-11(6-9)14-12(15)8-20(18,19)10(2)7-13(16)17/h3-6,10H,7-8H2,1-2H3,(H,14,15)(H,16,17). The number of anilines is 1. The molecule has 0 radical (unpaired) electrons. The van der Waals surface area contributed by atoms with Gasteiger partial charge in [-0.05, 0) is 31.5 Å². The van der Waals surface area contributed by atoms with Gasteiger partial charge in [0.15, 0.2) is 9.84 Å². The first kappa shape index (κ1) is 16.2. The third-order valence-corrected chi connectivity index (χ3v) is 4.77. The minimum atomic E-state index is -3.78. The second kappa shape index (κ2) is 6.51. The van der Waals surface area contributed by atoms with Gasteiger partial charge in [0.05, 0.1) is 11.7 Å². The van der Waals surface area contributed by atoms with Gasteiger partial charge in [0.1, 0.15) is 5.75 Å². The van der Waals surface area contributed by atoms with E-state index in [1.807, 2.05) is 13.0 Å². The van der Waals surface area contributed by atoms with Gasteiger partial charge in [-0.15, -0.1) is 0 Å². The van der Waals surface area contributed by atoms with Gasteiger partial charge in [0, 0.05) is 5.69 Å². The average Bonchev–Trinajstić information content (AvgIpc) is 2.26. The predicted molar refractivity (Wildman–Crippen MR) is 75.3 cm³/mol. The van der Waals surface area contributed by atoms with E-state index < -0.39 is 39.1 Å². The van der Waals surface area contributed by atoms with Crippen LogP contribution in [0.25, 0.3) is 0 Å². The van der Waals surface area contributed by atoms with Gasteiger partial charge in [-0.1, -0.05) is 12.1 Å². The van der Waals surface area contributed by atoms with E-state index >= 15 is 0 Å². The van der Waals surface area contributed by atoms with E-state index in [9.17, 15) is 18.0 Å². The van der Waals surface area contributed by atoms with Crippen LogP contribution in [0.2, 0.25) is 0 Å². The van der Waals surface area contributed by atoms with Crippen LogP contribution in [0.1, 0.15) is 18.9 Å². The number of amides is 1. The molecule has 0 fully saturated rings. The zero-order valence-corrected chi connectivity index (χ0v) is 12.1. The maximum absolute atomic E-state index is 11.8. The lowest BCUT2D eigenvalue weighted by Gasteiger charge is -2.11. The third kappa shape index (κ3) is 5.00. The Labute approximate surface area is 117 Å². The second-order valence-electron chi connectivity index (χ2n) is 4.63. The maximum atomic E-state index is 11.8. The smallest absolute Gasteiger partial charge is 0.304 e. The third-order valence-electron chi connectivity index (χ3n) is 2.71. The molecule has 0 heterocycles. The van der Waals surface area contributed by atoms with Crippen molar-refractivity contribution in [3.63, 3.8) is 0 Å². The Morgan fingerprint density at radius 3 is 2.55 bits per heavy atom. The van der Waals surface area contributed by atoms with Crippen molar-refractivity contribution < 1.29 is 23.1 Å². The highest BCUT2D eigenvalue weighted by atomic mass is 32.2. The summed E-state index contributed by atoms with van der Waals surface area (Å²) in [6.45, 7) is 3.13. The molecular weight excluding hydrogens is 282 g/mol. The molecule has 1 rings (SSSR count). The van der Waals surface area contributed by atoms with E-state index in [0.717, 1.165) is 5.56 Å². The summed E-state index contributed by atoms with van der Waals surface area (Å²) in [5, 5.41) is 9.97. The number of carboxylic acids is 1. The van der Waals surface area contributed by atoms with Crippen LogP contribution in [-0.2, 0) is 19.4 Å². The van der Waals surface area contributed by atoms with Gasteiger partial charge in [0.2, 0.25) is 5.91 Å². The lowest BCUT2D eigenvalue weighted by molar-refractivity contribution is -0.137. The highest BCUT2D eigenvalue weighted by molar-refractivity contribution is 7.92. The highest BCUT2D eigenvalue weighted by Gasteiger charge is 2.26. The number of sulfone groups is 1. The summed E-state index contributed by atoms with van der Waals surface area (Å²) in [6, 6.07) is 6.96. The molecule has 1 atom stereocenters. The van der Waals surface area contributed by atoms with Crippen LogP contribution in [0.5, 0.6) is 0 Å². The van der Waals surface area contributed by atoms with E-state index in [0.29, 0.717) is 5.69 Å². The van der Waals surface area contributed by atoms with Crippen molar-refractivity contribution in [1.82, 2.24) is 0 Å². The number of nitrogens with one attached hydrogen (secondary N) is 1. The normalized spacial score (nSPS) is 12.7. The fraction of sp³-hybridized carbons (Fsp3) is 0.385. The largest absolute Gasteiger partial charge is 0.481 e. The zero-order chi connectivity index (χ0) is 15.3. The van der Waals surface area contributed by atoms with E-state index in [-0.39, 0.29) is 0 Å². The van der Waals surface area contributed by atoms with Gasteiger partial charge < -0.3 is 10.4 Å². The lowest BCUT2D eigenvalue weighted by atomic mass is 10.2. The molecule has 0 aliphatic rings. The number of rotatable bonds is 6. The molecule has 1 aromatic carbocycles. The number of hydrogen-bond donors (Lipinski definition) is 2. The van der Waals surface area contributed by atoms with E-state index in [4.69, 9.17) is 5.11 Å². The summed E-state index contributed by atoms with van der Waals surface area (Å²) in [6.07, 6.45) is -0.514. The molecule has 110 valence electrons. The Hall–Kier alpha value is -1.89. The predicted octanol–water partition coefficient (Wildman–Crippen LogP) is 1.21. The Morgan fingerprint density at radius 1 is 1.35 bits per heavy atom. The zero-order valence-electron chi connectivity index (χ0n) is 11.3. The molecule has 1 unspecified atom stereocenters. The Kier molecular flexibility index (Phi) is 5.26. The van der Waals surface area contributed by atoms with E-state index in [1.54, 1.807) is 18.2 Å². The number of carboxylic acid groups (broad SMARTS) is 1. The molecule has 0 aliphatic heterocycles. The number of carbonyl (C=O) groups excluding carboxylic acids is 1. The molecule has 0 spiro atoms. The molecule has 2 N–H and O–H groups in total. The number of hydrogen-bond acceptors (Lipinski definition) is 4. The lowest BCUT2D eigenvalue weighted by Crippen LogP contribution is -2.30. The number of aryl methyl sites for hydroxylation is 1. The van der Waals surface area contributed by atoms with E-state index in [1.165, 1.54) is 6.92 Å². The average molecular weight is 299 g/mol. The first-order valence-electron chi connectivity index (χ1n) is 6.00. The second-order valence-corrected chi connectivity index (χ2v) is 7.05. The van der Waals surface area contributed by atoms with Gasteiger partial charge in [-0.25, -0.2) is 8.42 Å². The molecule has 0 aliphatic carbocycles. The molecule has 7 heteroatoms. The minimum Gasteiger partial charge on any atom is -0.481 e. The Bertz CT molecular complexity index is 609. The quantitative estimate of drug-likeness (QED) is 0.822. The highest BCUT2D eigenvalue weighted by Crippen LogP contribution is 2.11. The van der Waals surface area contributed by atoms with Crippen LogP contribution >= 0.6 is 0 Å². The minimum absolute atomic E-state index is 0.510. The van der Waals surface area contributed by atoms with Gasteiger partial charge in [-0.3, -0.25) is 9.59 Å². The fourth-order valence-electron chi connectivity index (χ4n) is 1.62. The van der Waals surface area contributed by atoms with Crippen LogP contribution in [0, 0.1) is 6.92 Å². The Morgan fingerprint density at radius 2 is 2.00 bits per heavy atom. The molecule has 0 bridgehead atoms. The summed E-state index contributed by atoms with van der Waals surface area (Å²) in [5.41, 5.74) is 1.45. The van der Waals surface area contributed by atoms with Crippen molar-refractivity contribution in [2.45, 2.75) is 25.5 Å². The molecule has 1 aromatic rings. The monoisotopic (exact) mass is 299 g/mol. The fourth-order valence-corrected chi connectivity index (χ4v) is 2.74. The molecular formula is C13H17NO5S. The molecule has 6 nitrogen and oxygen atoms in total. The first-order chi connectivity index (χ1) is 9.20. The number of benzene rings is 1. The number of carbonyl (C=O) groups is 2. The maximum Gasteiger partial charge on any atom is 0.304 e. The van der Waals surface area contributed by atoms with Crippen molar-refractivity contribution >= 4 is 27.4 Å². The van der Waals surface area contributed by atoms with Gasteiger partial charge >= 0.3 is 5.97 Å². The Balaban J connectivity index is 2.68. The topological polar surface area (TPSA) is 101 Å². The van der Waals surface area contributed by atoms with Gasteiger partial charge in [0.25, 0.3) is 0 Å². The van der Waals surface area contributed by atoms with Crippen molar-refractivity contribution in [2.75, 3.05) is 11.1 Å². The number of aliphatic carboxylic acids is 1. The summed E-state index contributed by atoms with van der Waals surface area (Å²) >= 11 is 0. The van der Waals surface area contributed by atoms with Crippen molar-refractivity contribution in [2.24, 2.45) is 0 Å².